The Morgan fingerprint density at radius 2 is 2.00 bits per heavy atom. The van der Waals surface area contributed by atoms with Crippen LogP contribution in [0, 0.1) is 0 Å². The molecule has 0 saturated carbocycles. The maximum Gasteiger partial charge on any atom is 0.341 e. The molecule has 21 heavy (non-hydrogen) atoms. The Balaban J connectivity index is 3.31. The Hall–Kier alpha value is -2.13. The second-order valence-electron chi connectivity index (χ2n) is 4.07. The normalized spacial score (nSPS) is 11.4. The number of sulfonamides is 1. The van der Waals surface area contributed by atoms with Gasteiger partial charge in [0.2, 0.25) is 15.9 Å². The van der Waals surface area contributed by atoms with E-state index in [0.29, 0.717) is 0 Å². The number of hydrogen-bond acceptors (Lipinski definition) is 6. The fraction of sp³-hybridized carbons (Fsp3) is 0.333. The summed E-state index contributed by atoms with van der Waals surface area (Å²) in [6, 6.07) is 3.18. The Kier molecular flexibility index (Phi) is 5.28. The van der Waals surface area contributed by atoms with Gasteiger partial charge in [0, 0.05) is 6.54 Å². The molecule has 0 bridgehead atoms. The first kappa shape index (κ1) is 16.9. The zero-order valence-corrected chi connectivity index (χ0v) is 12.4. The van der Waals surface area contributed by atoms with Crippen molar-refractivity contribution in [3.05, 3.63) is 23.8 Å². The standard InChI is InChI=1S/C12H16N2O6S/c1-3-14(7-11(13)16)21(18,19)8-4-5-10(15)9(6-8)12(17)20-2/h4-6,15H,3,7H2,1-2H3,(H2,13,16). The van der Waals surface area contributed by atoms with Crippen molar-refractivity contribution in [1.29, 1.82) is 0 Å². The maximum atomic E-state index is 12.4. The van der Waals surface area contributed by atoms with Crippen LogP contribution in [0.25, 0.3) is 0 Å². The van der Waals surface area contributed by atoms with Crippen LogP contribution < -0.4 is 5.73 Å². The van der Waals surface area contributed by atoms with Crippen LogP contribution in [0.3, 0.4) is 0 Å². The predicted octanol–water partition coefficient (Wildman–Crippen LogP) is -0.325. The summed E-state index contributed by atoms with van der Waals surface area (Å²) in [6.07, 6.45) is 0. The molecule has 0 atom stereocenters. The number of primary amides is 1. The van der Waals surface area contributed by atoms with E-state index in [2.05, 4.69) is 4.74 Å². The van der Waals surface area contributed by atoms with E-state index in [-0.39, 0.29) is 17.0 Å². The van der Waals surface area contributed by atoms with Crippen molar-refractivity contribution < 1.29 is 27.9 Å². The molecule has 0 aliphatic carbocycles. The first-order valence-electron chi connectivity index (χ1n) is 5.93. The summed E-state index contributed by atoms with van der Waals surface area (Å²) in [5.41, 5.74) is 4.72. The molecule has 8 nitrogen and oxygen atoms in total. The number of nitrogens with zero attached hydrogens (tertiary/aromatic N) is 1. The SMILES string of the molecule is CCN(CC(N)=O)S(=O)(=O)c1ccc(O)c(C(=O)OC)c1. The van der Waals surface area contributed by atoms with Crippen LogP contribution in [-0.4, -0.2) is 49.9 Å². The molecule has 0 aromatic heterocycles. The number of phenols is 1. The number of esters is 1. The number of carbonyl (C=O) groups is 2. The second kappa shape index (κ2) is 6.55. The fourth-order valence-corrected chi connectivity index (χ4v) is 3.08. The molecule has 9 heteroatoms. The summed E-state index contributed by atoms with van der Waals surface area (Å²) < 4.78 is 30.0. The first-order valence-corrected chi connectivity index (χ1v) is 7.37. The molecule has 1 aromatic carbocycles. The van der Waals surface area contributed by atoms with E-state index < -0.39 is 34.2 Å². The highest BCUT2D eigenvalue weighted by molar-refractivity contribution is 7.89. The van der Waals surface area contributed by atoms with E-state index in [0.717, 1.165) is 29.6 Å². The number of phenolic OH excluding ortho intramolecular Hbond substituents is 1. The van der Waals surface area contributed by atoms with Crippen molar-refractivity contribution in [1.82, 2.24) is 4.31 Å². The van der Waals surface area contributed by atoms with Crippen LogP contribution in [0.15, 0.2) is 23.1 Å². The van der Waals surface area contributed by atoms with Gasteiger partial charge in [-0.3, -0.25) is 4.79 Å². The minimum atomic E-state index is -4.01. The van der Waals surface area contributed by atoms with Crippen molar-refractivity contribution >= 4 is 21.9 Å². The van der Waals surface area contributed by atoms with Crippen LogP contribution in [0.4, 0.5) is 0 Å². The van der Waals surface area contributed by atoms with Gasteiger partial charge in [0.1, 0.15) is 11.3 Å². The molecular weight excluding hydrogens is 300 g/mol. The van der Waals surface area contributed by atoms with E-state index in [9.17, 15) is 23.1 Å². The highest BCUT2D eigenvalue weighted by Crippen LogP contribution is 2.24. The van der Waals surface area contributed by atoms with Crippen molar-refractivity contribution in [3.8, 4) is 5.75 Å². The molecule has 0 spiro atoms. The Labute approximate surface area is 122 Å². The lowest BCUT2D eigenvalue weighted by molar-refractivity contribution is -0.118. The lowest BCUT2D eigenvalue weighted by Crippen LogP contribution is -2.38. The third kappa shape index (κ3) is 3.70. The predicted molar refractivity (Wildman–Crippen MR) is 73.1 cm³/mol. The number of carbonyl (C=O) groups excluding carboxylic acids is 2. The Morgan fingerprint density at radius 3 is 2.48 bits per heavy atom. The minimum absolute atomic E-state index is 0.0275. The molecule has 1 amide bonds. The van der Waals surface area contributed by atoms with Crippen molar-refractivity contribution in [2.45, 2.75) is 11.8 Å². The monoisotopic (exact) mass is 316 g/mol. The number of ether oxygens (including phenoxy) is 1. The number of benzene rings is 1. The summed E-state index contributed by atoms with van der Waals surface area (Å²) in [6.45, 7) is 1.09. The molecule has 0 heterocycles. The van der Waals surface area contributed by atoms with Gasteiger partial charge in [-0.2, -0.15) is 4.31 Å². The highest BCUT2D eigenvalue weighted by Gasteiger charge is 2.26. The lowest BCUT2D eigenvalue weighted by atomic mass is 10.2. The number of likely N-dealkylation sites (N-methyl/N-ethyl adjacent to an activating group) is 1. The Bertz CT molecular complexity index is 656. The molecule has 1 aromatic rings. The smallest absolute Gasteiger partial charge is 0.341 e. The van der Waals surface area contributed by atoms with Crippen LogP contribution in [-0.2, 0) is 19.6 Å². The minimum Gasteiger partial charge on any atom is -0.507 e. The second-order valence-corrected chi connectivity index (χ2v) is 6.01. The van der Waals surface area contributed by atoms with Gasteiger partial charge >= 0.3 is 5.97 Å². The molecule has 0 aliphatic heterocycles. The number of amides is 1. The molecule has 116 valence electrons. The quantitative estimate of drug-likeness (QED) is 0.692. The first-order chi connectivity index (χ1) is 9.73. The largest absolute Gasteiger partial charge is 0.507 e. The van der Waals surface area contributed by atoms with E-state index in [4.69, 9.17) is 5.73 Å². The molecular formula is C12H16N2O6S. The molecule has 0 unspecified atom stereocenters. The van der Waals surface area contributed by atoms with Gasteiger partial charge in [-0.1, -0.05) is 6.92 Å². The summed E-state index contributed by atoms with van der Waals surface area (Å²) in [5, 5.41) is 9.56. The summed E-state index contributed by atoms with van der Waals surface area (Å²) in [4.78, 5) is 22.1. The van der Waals surface area contributed by atoms with Crippen molar-refractivity contribution in [3.63, 3.8) is 0 Å². The average molecular weight is 316 g/mol. The van der Waals surface area contributed by atoms with Crippen LogP contribution in [0.5, 0.6) is 5.75 Å². The van der Waals surface area contributed by atoms with Crippen LogP contribution in [0.2, 0.25) is 0 Å². The molecule has 0 radical (unpaired) electrons. The topological polar surface area (TPSA) is 127 Å². The van der Waals surface area contributed by atoms with E-state index in [1.54, 1.807) is 6.92 Å². The van der Waals surface area contributed by atoms with Crippen molar-refractivity contribution in [2.24, 2.45) is 5.73 Å². The van der Waals surface area contributed by atoms with Gasteiger partial charge in [0.15, 0.2) is 0 Å². The summed E-state index contributed by atoms with van der Waals surface area (Å²) in [7, 11) is -2.91. The zero-order valence-electron chi connectivity index (χ0n) is 11.6. The third-order valence-electron chi connectivity index (χ3n) is 2.70. The molecule has 0 fully saturated rings. The van der Waals surface area contributed by atoms with Crippen molar-refractivity contribution in [2.75, 3.05) is 20.2 Å². The number of nitrogens with two attached hydrogens (primary N) is 1. The molecule has 1 rings (SSSR count). The number of methoxy groups -OCH3 is 1. The lowest BCUT2D eigenvalue weighted by Gasteiger charge is -2.19. The van der Waals surface area contributed by atoms with Gasteiger partial charge < -0.3 is 15.6 Å². The van der Waals surface area contributed by atoms with Crippen LogP contribution in [0.1, 0.15) is 17.3 Å². The third-order valence-corrected chi connectivity index (χ3v) is 4.61. The summed E-state index contributed by atoms with van der Waals surface area (Å²) in [5.74, 6) is -2.08. The average Bonchev–Trinajstić information content (AvgIpc) is 2.43. The highest BCUT2D eigenvalue weighted by atomic mass is 32.2. The van der Waals surface area contributed by atoms with E-state index in [1.807, 2.05) is 0 Å². The van der Waals surface area contributed by atoms with Gasteiger partial charge in [-0.05, 0) is 18.2 Å². The van der Waals surface area contributed by atoms with Gasteiger partial charge in [-0.15, -0.1) is 0 Å². The fourth-order valence-electron chi connectivity index (χ4n) is 1.64. The van der Waals surface area contributed by atoms with Gasteiger partial charge in [0.25, 0.3) is 0 Å². The number of aromatic hydroxyl groups is 1. The van der Waals surface area contributed by atoms with E-state index >= 15 is 0 Å². The molecule has 0 saturated heterocycles. The number of hydrogen-bond donors (Lipinski definition) is 2. The zero-order chi connectivity index (χ0) is 16.2. The molecule has 3 N–H and O–H groups in total. The van der Waals surface area contributed by atoms with E-state index in [1.165, 1.54) is 0 Å². The van der Waals surface area contributed by atoms with Crippen LogP contribution >= 0.6 is 0 Å². The maximum absolute atomic E-state index is 12.4. The van der Waals surface area contributed by atoms with Gasteiger partial charge in [0.05, 0.1) is 18.6 Å². The summed E-state index contributed by atoms with van der Waals surface area (Å²) >= 11 is 0. The number of rotatable bonds is 6. The molecule has 0 aliphatic rings. The Morgan fingerprint density at radius 1 is 1.38 bits per heavy atom. The van der Waals surface area contributed by atoms with Gasteiger partial charge in [-0.25, -0.2) is 13.2 Å².